The van der Waals surface area contributed by atoms with Gasteiger partial charge in [0.25, 0.3) is 0 Å². The summed E-state index contributed by atoms with van der Waals surface area (Å²) in [7, 11) is 0. The minimum Gasteiger partial charge on any atom is -0.321 e. The van der Waals surface area contributed by atoms with Gasteiger partial charge in [0.2, 0.25) is 11.7 Å². The maximum Gasteiger partial charge on any atom is 0.224 e. The zero-order valence-corrected chi connectivity index (χ0v) is 11.1. The highest BCUT2D eigenvalue weighted by atomic mass is 79.9. The molecule has 0 unspecified atom stereocenters. The van der Waals surface area contributed by atoms with Gasteiger partial charge < -0.3 is 5.32 Å². The number of unbranched alkanes of at least 4 members (excludes halogenated alkanes) is 1. The quantitative estimate of drug-likeness (QED) is 0.283. The molecule has 0 fully saturated rings. The minimum atomic E-state index is -2.26. The van der Waals surface area contributed by atoms with Crippen molar-refractivity contribution in [1.82, 2.24) is 0 Å². The van der Waals surface area contributed by atoms with Gasteiger partial charge in [-0.05, 0) is 12.8 Å². The lowest BCUT2D eigenvalue weighted by Crippen LogP contribution is -2.16. The fourth-order valence-corrected chi connectivity index (χ4v) is 1.69. The minimum absolute atomic E-state index is 0.0783. The summed E-state index contributed by atoms with van der Waals surface area (Å²) in [6, 6.07) is 0. The molecule has 8 heteroatoms. The standard InChI is InChI=1S/C11H9BrF5NO/c12-4-2-1-3-5(19)18-11-9(16)7(14)6(13)8(15)10(11)17/h1-4H2,(H,18,19). The van der Waals surface area contributed by atoms with Gasteiger partial charge in [-0.2, -0.15) is 0 Å². The monoisotopic (exact) mass is 345 g/mol. The summed E-state index contributed by atoms with van der Waals surface area (Å²) in [4.78, 5) is 11.3. The van der Waals surface area contributed by atoms with Gasteiger partial charge in [0, 0.05) is 11.8 Å². The molecule has 0 saturated carbocycles. The number of nitrogens with one attached hydrogen (secondary N) is 1. The first-order valence-electron chi connectivity index (χ1n) is 5.27. The molecule has 1 aromatic rings. The Bertz CT molecular complexity index is 465. The molecule has 0 heterocycles. The second-order valence-corrected chi connectivity index (χ2v) is 4.43. The van der Waals surface area contributed by atoms with E-state index in [0.717, 1.165) is 0 Å². The average molecular weight is 346 g/mol. The SMILES string of the molecule is O=C(CCCCBr)Nc1c(F)c(F)c(F)c(F)c1F. The molecule has 0 radical (unpaired) electrons. The lowest BCUT2D eigenvalue weighted by molar-refractivity contribution is -0.116. The first kappa shape index (κ1) is 15.9. The van der Waals surface area contributed by atoms with Crippen LogP contribution in [0.4, 0.5) is 27.6 Å². The number of amides is 1. The second-order valence-electron chi connectivity index (χ2n) is 3.64. The smallest absolute Gasteiger partial charge is 0.224 e. The van der Waals surface area contributed by atoms with Crippen molar-refractivity contribution in [2.45, 2.75) is 19.3 Å². The van der Waals surface area contributed by atoms with Gasteiger partial charge in [-0.15, -0.1) is 0 Å². The van der Waals surface area contributed by atoms with Crippen LogP contribution in [0.15, 0.2) is 0 Å². The van der Waals surface area contributed by atoms with Crippen molar-refractivity contribution in [1.29, 1.82) is 0 Å². The number of anilines is 1. The Morgan fingerprint density at radius 3 is 1.84 bits per heavy atom. The van der Waals surface area contributed by atoms with Crippen LogP contribution < -0.4 is 5.32 Å². The molecular weight excluding hydrogens is 337 g/mol. The second kappa shape index (κ2) is 6.83. The van der Waals surface area contributed by atoms with Crippen molar-refractivity contribution in [3.63, 3.8) is 0 Å². The van der Waals surface area contributed by atoms with Crippen molar-refractivity contribution in [3.8, 4) is 0 Å². The Balaban J connectivity index is 2.93. The van der Waals surface area contributed by atoms with Gasteiger partial charge >= 0.3 is 0 Å². The number of carbonyl (C=O) groups is 1. The van der Waals surface area contributed by atoms with E-state index >= 15 is 0 Å². The zero-order valence-electron chi connectivity index (χ0n) is 9.50. The number of alkyl halides is 1. The maximum absolute atomic E-state index is 13.2. The fourth-order valence-electron chi connectivity index (χ4n) is 1.30. The summed E-state index contributed by atoms with van der Waals surface area (Å²) in [5, 5.41) is 2.34. The number of halogens is 6. The highest BCUT2D eigenvalue weighted by molar-refractivity contribution is 9.09. The summed E-state index contributed by atoms with van der Waals surface area (Å²) in [5.41, 5.74) is -1.32. The van der Waals surface area contributed by atoms with Crippen molar-refractivity contribution < 1.29 is 26.7 Å². The van der Waals surface area contributed by atoms with Crippen molar-refractivity contribution >= 4 is 27.5 Å². The van der Waals surface area contributed by atoms with Crippen LogP contribution in [-0.2, 0) is 4.79 Å². The molecule has 0 aliphatic rings. The molecule has 0 aromatic heterocycles. The lowest BCUT2D eigenvalue weighted by Gasteiger charge is -2.09. The Morgan fingerprint density at radius 1 is 0.895 bits per heavy atom. The molecule has 2 nitrogen and oxygen atoms in total. The molecule has 0 saturated heterocycles. The van der Waals surface area contributed by atoms with E-state index in [-0.39, 0.29) is 6.42 Å². The van der Waals surface area contributed by atoms with E-state index in [0.29, 0.717) is 18.2 Å². The van der Waals surface area contributed by atoms with E-state index in [1.807, 2.05) is 0 Å². The Labute approximate surface area is 114 Å². The predicted octanol–water partition coefficient (Wildman–Crippen LogP) is 3.89. The first-order valence-corrected chi connectivity index (χ1v) is 6.39. The summed E-state index contributed by atoms with van der Waals surface area (Å²) in [6.45, 7) is 0. The average Bonchev–Trinajstić information content (AvgIpc) is 2.39. The topological polar surface area (TPSA) is 29.1 Å². The van der Waals surface area contributed by atoms with E-state index in [4.69, 9.17) is 0 Å². The molecule has 0 aliphatic carbocycles. The summed E-state index contributed by atoms with van der Waals surface area (Å²) < 4.78 is 64.8. The van der Waals surface area contributed by atoms with Crippen LogP contribution in [0.2, 0.25) is 0 Å². The van der Waals surface area contributed by atoms with Gasteiger partial charge in [-0.25, -0.2) is 22.0 Å². The number of hydrogen-bond donors (Lipinski definition) is 1. The van der Waals surface area contributed by atoms with Crippen LogP contribution in [0.1, 0.15) is 19.3 Å². The molecule has 19 heavy (non-hydrogen) atoms. The third-order valence-electron chi connectivity index (χ3n) is 2.26. The summed E-state index contributed by atoms with van der Waals surface area (Å²) in [6.07, 6.45) is 0.988. The third-order valence-corrected chi connectivity index (χ3v) is 2.82. The van der Waals surface area contributed by atoms with E-state index in [2.05, 4.69) is 15.9 Å². The highest BCUT2D eigenvalue weighted by Gasteiger charge is 2.26. The maximum atomic E-state index is 13.2. The Kier molecular flexibility index (Phi) is 5.71. The number of rotatable bonds is 5. The molecule has 106 valence electrons. The Morgan fingerprint density at radius 2 is 1.37 bits per heavy atom. The van der Waals surface area contributed by atoms with Crippen molar-refractivity contribution in [3.05, 3.63) is 29.1 Å². The van der Waals surface area contributed by atoms with E-state index in [1.54, 1.807) is 5.32 Å². The zero-order chi connectivity index (χ0) is 14.6. The van der Waals surface area contributed by atoms with Crippen molar-refractivity contribution in [2.24, 2.45) is 0 Å². The molecule has 0 bridgehead atoms. The molecule has 1 N–H and O–H groups in total. The molecule has 0 atom stereocenters. The summed E-state index contributed by atoms with van der Waals surface area (Å²) >= 11 is 3.12. The van der Waals surface area contributed by atoms with E-state index in [9.17, 15) is 26.7 Å². The van der Waals surface area contributed by atoms with Crippen molar-refractivity contribution in [2.75, 3.05) is 10.6 Å². The van der Waals surface area contributed by atoms with Gasteiger partial charge in [-0.1, -0.05) is 15.9 Å². The van der Waals surface area contributed by atoms with Gasteiger partial charge in [0.1, 0.15) is 5.69 Å². The molecule has 0 spiro atoms. The van der Waals surface area contributed by atoms with Crippen LogP contribution in [-0.4, -0.2) is 11.2 Å². The lowest BCUT2D eigenvalue weighted by atomic mass is 10.2. The van der Waals surface area contributed by atoms with Crippen LogP contribution in [0.3, 0.4) is 0 Å². The van der Waals surface area contributed by atoms with Crippen LogP contribution in [0.5, 0.6) is 0 Å². The molecule has 1 amide bonds. The molecular formula is C11H9BrF5NO. The van der Waals surface area contributed by atoms with E-state index < -0.39 is 40.7 Å². The normalized spacial score (nSPS) is 10.6. The number of hydrogen-bond acceptors (Lipinski definition) is 1. The van der Waals surface area contributed by atoms with Gasteiger partial charge in [0.05, 0.1) is 0 Å². The molecule has 1 aromatic carbocycles. The highest BCUT2D eigenvalue weighted by Crippen LogP contribution is 2.27. The van der Waals surface area contributed by atoms with Crippen LogP contribution in [0.25, 0.3) is 0 Å². The van der Waals surface area contributed by atoms with Gasteiger partial charge in [-0.3, -0.25) is 4.79 Å². The summed E-state index contributed by atoms with van der Waals surface area (Å²) in [5.74, 6) is -11.4. The largest absolute Gasteiger partial charge is 0.321 e. The predicted molar refractivity (Wildman–Crippen MR) is 62.5 cm³/mol. The number of benzene rings is 1. The fraction of sp³-hybridized carbons (Fsp3) is 0.364. The Hall–Kier alpha value is -1.18. The molecule has 0 aliphatic heterocycles. The van der Waals surface area contributed by atoms with Crippen LogP contribution >= 0.6 is 15.9 Å². The van der Waals surface area contributed by atoms with Gasteiger partial charge in [0.15, 0.2) is 23.3 Å². The van der Waals surface area contributed by atoms with Crippen LogP contribution in [0, 0.1) is 29.1 Å². The van der Waals surface area contributed by atoms with E-state index in [1.165, 1.54) is 0 Å². The first-order chi connectivity index (χ1) is 8.90. The third kappa shape index (κ3) is 3.65. The number of carbonyl (C=O) groups excluding carboxylic acids is 1. The molecule has 1 rings (SSSR count).